The first kappa shape index (κ1) is 11.2. The number of aromatic nitrogens is 2. The average molecular weight is 235 g/mol. The van der Waals surface area contributed by atoms with Gasteiger partial charge in [-0.2, -0.15) is 0 Å². The number of imidazole rings is 1. The first-order chi connectivity index (χ1) is 8.22. The normalized spacial score (nSPS) is 32.7. The van der Waals surface area contributed by atoms with Crippen molar-refractivity contribution in [1.29, 1.82) is 0 Å². The van der Waals surface area contributed by atoms with Gasteiger partial charge < -0.3 is 15.4 Å². The van der Waals surface area contributed by atoms with Crippen LogP contribution in [0, 0.1) is 0 Å². The van der Waals surface area contributed by atoms with E-state index < -0.39 is 0 Å². The Balaban J connectivity index is 1.84. The topological polar surface area (TPSA) is 64.1 Å². The van der Waals surface area contributed by atoms with E-state index in [1.54, 1.807) is 0 Å². The Labute approximate surface area is 102 Å². The van der Waals surface area contributed by atoms with E-state index in [4.69, 9.17) is 5.73 Å². The number of aliphatic hydroxyl groups is 1. The van der Waals surface area contributed by atoms with Crippen LogP contribution in [0.5, 0.6) is 0 Å². The van der Waals surface area contributed by atoms with Crippen molar-refractivity contribution in [2.75, 3.05) is 6.61 Å². The van der Waals surface area contributed by atoms with Gasteiger partial charge in [0.15, 0.2) is 0 Å². The summed E-state index contributed by atoms with van der Waals surface area (Å²) in [6.45, 7) is 0.0976. The highest BCUT2D eigenvalue weighted by Gasteiger charge is 2.37. The zero-order chi connectivity index (χ0) is 11.9. The molecule has 3 rings (SSSR count). The summed E-state index contributed by atoms with van der Waals surface area (Å²) >= 11 is 0. The highest BCUT2D eigenvalue weighted by atomic mass is 16.3. The molecule has 17 heavy (non-hydrogen) atoms. The van der Waals surface area contributed by atoms with Crippen LogP contribution in [0.2, 0.25) is 0 Å². The fourth-order valence-corrected chi connectivity index (χ4v) is 3.32. The van der Waals surface area contributed by atoms with Crippen molar-refractivity contribution in [1.82, 2.24) is 9.55 Å². The summed E-state index contributed by atoms with van der Waals surface area (Å²) in [5.41, 5.74) is 8.49. The molecular formula is C13H21N3O. The molecule has 0 spiro atoms. The van der Waals surface area contributed by atoms with Gasteiger partial charge in [0.05, 0.1) is 18.6 Å². The molecule has 4 nitrogen and oxygen atoms in total. The van der Waals surface area contributed by atoms with Crippen molar-refractivity contribution in [2.45, 2.75) is 56.5 Å². The van der Waals surface area contributed by atoms with E-state index in [0.717, 1.165) is 32.1 Å². The van der Waals surface area contributed by atoms with E-state index in [1.807, 2.05) is 6.33 Å². The summed E-state index contributed by atoms with van der Waals surface area (Å²) in [5, 5.41) is 9.33. The molecule has 0 bridgehead atoms. The monoisotopic (exact) mass is 235 g/mol. The van der Waals surface area contributed by atoms with Gasteiger partial charge in [0, 0.05) is 17.3 Å². The fourth-order valence-electron chi connectivity index (χ4n) is 3.32. The van der Waals surface area contributed by atoms with Crippen LogP contribution < -0.4 is 5.73 Å². The molecule has 2 atom stereocenters. The maximum absolute atomic E-state index is 9.33. The number of hydrogen-bond acceptors (Lipinski definition) is 3. The molecule has 0 radical (unpaired) electrons. The Bertz CT molecular complexity index is 415. The molecular weight excluding hydrogens is 214 g/mol. The summed E-state index contributed by atoms with van der Waals surface area (Å²) in [5.74, 6) is 0. The Morgan fingerprint density at radius 2 is 2.29 bits per heavy atom. The molecule has 94 valence electrons. The Kier molecular flexibility index (Phi) is 2.71. The van der Waals surface area contributed by atoms with Crippen LogP contribution in [-0.2, 0) is 12.8 Å². The molecule has 3 N–H and O–H groups in total. The Hall–Kier alpha value is -0.870. The first-order valence-electron chi connectivity index (χ1n) is 6.66. The molecule has 4 heteroatoms. The molecule has 0 aromatic carbocycles. The van der Waals surface area contributed by atoms with Gasteiger partial charge in [-0.15, -0.1) is 0 Å². The van der Waals surface area contributed by atoms with Gasteiger partial charge in [-0.05, 0) is 44.9 Å². The summed E-state index contributed by atoms with van der Waals surface area (Å²) in [7, 11) is 0. The maximum atomic E-state index is 9.33. The second-order valence-corrected chi connectivity index (χ2v) is 5.67. The van der Waals surface area contributed by atoms with E-state index in [-0.39, 0.29) is 12.1 Å². The molecule has 1 aromatic heterocycles. The third-order valence-corrected chi connectivity index (χ3v) is 4.39. The molecule has 1 saturated carbocycles. The van der Waals surface area contributed by atoms with E-state index in [0.29, 0.717) is 6.04 Å². The highest BCUT2D eigenvalue weighted by Crippen LogP contribution is 2.37. The van der Waals surface area contributed by atoms with E-state index in [1.165, 1.54) is 24.2 Å². The summed E-state index contributed by atoms with van der Waals surface area (Å²) < 4.78 is 2.33. The van der Waals surface area contributed by atoms with Gasteiger partial charge in [0.1, 0.15) is 0 Å². The third-order valence-electron chi connectivity index (χ3n) is 4.39. The number of fused-ring (bicyclic) bond motifs is 1. The van der Waals surface area contributed by atoms with Gasteiger partial charge in [-0.25, -0.2) is 4.98 Å². The van der Waals surface area contributed by atoms with Gasteiger partial charge in [0.25, 0.3) is 0 Å². The third kappa shape index (κ3) is 1.89. The Morgan fingerprint density at radius 1 is 1.47 bits per heavy atom. The second kappa shape index (κ2) is 4.10. The molecule has 1 fully saturated rings. The quantitative estimate of drug-likeness (QED) is 0.809. The number of hydrogen-bond donors (Lipinski definition) is 2. The van der Waals surface area contributed by atoms with Crippen molar-refractivity contribution in [3.63, 3.8) is 0 Å². The highest BCUT2D eigenvalue weighted by molar-refractivity contribution is 5.18. The summed E-state index contributed by atoms with van der Waals surface area (Å²) in [6.07, 6.45) is 9.69. The summed E-state index contributed by atoms with van der Waals surface area (Å²) in [4.78, 5) is 4.53. The number of aryl methyl sites for hydroxylation is 1. The van der Waals surface area contributed by atoms with Gasteiger partial charge >= 0.3 is 0 Å². The predicted octanol–water partition coefficient (Wildman–Crippen LogP) is 1.18. The second-order valence-electron chi connectivity index (χ2n) is 5.67. The summed E-state index contributed by atoms with van der Waals surface area (Å²) in [6, 6.07) is 0.446. The van der Waals surface area contributed by atoms with Crippen molar-refractivity contribution in [2.24, 2.45) is 5.73 Å². The van der Waals surface area contributed by atoms with Crippen LogP contribution in [0.3, 0.4) is 0 Å². The van der Waals surface area contributed by atoms with E-state index in [9.17, 15) is 5.11 Å². The standard InChI is InChI=1S/C13H21N3O/c14-13(8-17)6-5-10(7-13)16-9-15-11-3-1-2-4-12(11)16/h9-10,17H,1-8,14H2. The molecule has 1 aromatic rings. The predicted molar refractivity (Wildman–Crippen MR) is 65.8 cm³/mol. The SMILES string of the molecule is NC1(CO)CCC(n2cnc3c2CCCC3)C1. The number of rotatable bonds is 2. The van der Waals surface area contributed by atoms with Crippen LogP contribution in [0.1, 0.15) is 49.5 Å². The lowest BCUT2D eigenvalue weighted by atomic mass is 9.99. The van der Waals surface area contributed by atoms with Gasteiger partial charge in [-0.1, -0.05) is 0 Å². The van der Waals surface area contributed by atoms with Gasteiger partial charge in [-0.3, -0.25) is 0 Å². The lowest BCUT2D eigenvalue weighted by molar-refractivity contribution is 0.195. The molecule has 2 aliphatic rings. The number of nitrogens with zero attached hydrogens (tertiary/aromatic N) is 2. The maximum Gasteiger partial charge on any atom is 0.0954 e. The first-order valence-corrected chi connectivity index (χ1v) is 6.66. The largest absolute Gasteiger partial charge is 0.394 e. The van der Waals surface area contributed by atoms with Crippen LogP contribution in [0.25, 0.3) is 0 Å². The number of nitrogens with two attached hydrogens (primary N) is 1. The minimum absolute atomic E-state index is 0.0976. The fraction of sp³-hybridized carbons (Fsp3) is 0.769. The average Bonchev–Trinajstić information content (AvgIpc) is 2.93. The van der Waals surface area contributed by atoms with E-state index >= 15 is 0 Å². The molecule has 0 aliphatic heterocycles. The Morgan fingerprint density at radius 3 is 3.06 bits per heavy atom. The molecule has 2 unspecified atom stereocenters. The minimum atomic E-state index is -0.365. The zero-order valence-corrected chi connectivity index (χ0v) is 10.2. The van der Waals surface area contributed by atoms with Crippen LogP contribution in [-0.4, -0.2) is 26.8 Å². The zero-order valence-electron chi connectivity index (χ0n) is 10.2. The van der Waals surface area contributed by atoms with Crippen molar-refractivity contribution in [3.8, 4) is 0 Å². The van der Waals surface area contributed by atoms with E-state index in [2.05, 4.69) is 9.55 Å². The van der Waals surface area contributed by atoms with Crippen LogP contribution in [0.4, 0.5) is 0 Å². The van der Waals surface area contributed by atoms with Crippen molar-refractivity contribution >= 4 is 0 Å². The van der Waals surface area contributed by atoms with Gasteiger partial charge in [0.2, 0.25) is 0 Å². The van der Waals surface area contributed by atoms with Crippen LogP contribution in [0.15, 0.2) is 6.33 Å². The molecule has 0 amide bonds. The van der Waals surface area contributed by atoms with Crippen LogP contribution >= 0.6 is 0 Å². The minimum Gasteiger partial charge on any atom is -0.394 e. The molecule has 1 heterocycles. The van der Waals surface area contributed by atoms with Crippen molar-refractivity contribution in [3.05, 3.63) is 17.7 Å². The lowest BCUT2D eigenvalue weighted by Crippen LogP contribution is -2.40. The number of aliphatic hydroxyl groups excluding tert-OH is 1. The molecule has 0 saturated heterocycles. The lowest BCUT2D eigenvalue weighted by Gasteiger charge is -2.23. The molecule has 2 aliphatic carbocycles. The smallest absolute Gasteiger partial charge is 0.0954 e. The van der Waals surface area contributed by atoms with Crippen molar-refractivity contribution < 1.29 is 5.11 Å².